The van der Waals surface area contributed by atoms with Crippen LogP contribution < -0.4 is 15.8 Å². The molecule has 1 N–H and O–H groups in total. The molecule has 1 saturated heterocycles. The van der Waals surface area contributed by atoms with Crippen LogP contribution in [0.3, 0.4) is 0 Å². The standard InChI is InChI=1S/C25H30ClN5O2/c1-17(2)27-23(32)16-31-24(18-6-4-7-19(26)14-18)28-22-9-8-20(15-21(22)25(31)33)30-11-5-10-29(3)12-13-30/h4,6-9,14-15,17H,5,10-13,16H2,1-3H3,(H,27,32). The molecule has 33 heavy (non-hydrogen) atoms. The number of anilines is 1. The second kappa shape index (κ2) is 9.93. The Labute approximate surface area is 199 Å². The zero-order valence-corrected chi connectivity index (χ0v) is 20.1. The Kier molecular flexibility index (Phi) is 7.00. The molecular formula is C25H30ClN5O2. The number of nitrogens with one attached hydrogen (secondary N) is 1. The number of benzene rings is 2. The molecule has 0 radical (unpaired) electrons. The summed E-state index contributed by atoms with van der Waals surface area (Å²) in [6.45, 7) is 7.55. The van der Waals surface area contributed by atoms with Crippen molar-refractivity contribution in [2.75, 3.05) is 38.1 Å². The lowest BCUT2D eigenvalue weighted by Crippen LogP contribution is -2.37. The summed E-state index contributed by atoms with van der Waals surface area (Å²) in [4.78, 5) is 35.7. The highest BCUT2D eigenvalue weighted by Gasteiger charge is 2.18. The van der Waals surface area contributed by atoms with Crippen molar-refractivity contribution in [1.29, 1.82) is 0 Å². The molecule has 174 valence electrons. The van der Waals surface area contributed by atoms with Crippen molar-refractivity contribution in [2.45, 2.75) is 32.9 Å². The maximum absolute atomic E-state index is 13.7. The molecule has 8 heteroatoms. The van der Waals surface area contributed by atoms with Crippen molar-refractivity contribution in [3.05, 3.63) is 57.8 Å². The van der Waals surface area contributed by atoms with E-state index in [-0.39, 0.29) is 24.1 Å². The average Bonchev–Trinajstić information content (AvgIpc) is 2.99. The summed E-state index contributed by atoms with van der Waals surface area (Å²) in [6, 6.07) is 13.0. The van der Waals surface area contributed by atoms with Crippen LogP contribution in [0.4, 0.5) is 5.69 Å². The van der Waals surface area contributed by atoms with E-state index in [0.29, 0.717) is 27.3 Å². The van der Waals surface area contributed by atoms with E-state index in [4.69, 9.17) is 16.6 Å². The highest BCUT2D eigenvalue weighted by Crippen LogP contribution is 2.25. The number of rotatable bonds is 5. The van der Waals surface area contributed by atoms with Crippen LogP contribution >= 0.6 is 11.6 Å². The summed E-state index contributed by atoms with van der Waals surface area (Å²) in [5.74, 6) is 0.196. The smallest absolute Gasteiger partial charge is 0.262 e. The topological polar surface area (TPSA) is 70.5 Å². The predicted molar refractivity (Wildman–Crippen MR) is 134 cm³/mol. The third-order valence-corrected chi connectivity index (χ3v) is 6.09. The molecule has 0 atom stereocenters. The first-order valence-corrected chi connectivity index (χ1v) is 11.7. The van der Waals surface area contributed by atoms with E-state index in [1.165, 1.54) is 4.57 Å². The minimum Gasteiger partial charge on any atom is -0.370 e. The first kappa shape index (κ1) is 23.3. The van der Waals surface area contributed by atoms with Crippen molar-refractivity contribution in [2.24, 2.45) is 0 Å². The molecular weight excluding hydrogens is 438 g/mol. The summed E-state index contributed by atoms with van der Waals surface area (Å²) in [6.07, 6.45) is 1.07. The van der Waals surface area contributed by atoms with E-state index in [9.17, 15) is 9.59 Å². The van der Waals surface area contributed by atoms with Gasteiger partial charge in [0.15, 0.2) is 0 Å². The van der Waals surface area contributed by atoms with Gasteiger partial charge in [0.1, 0.15) is 12.4 Å². The molecule has 0 aliphatic carbocycles. The fraction of sp³-hybridized carbons (Fsp3) is 0.400. The number of carbonyl (C=O) groups is 1. The molecule has 3 aromatic rings. The third kappa shape index (κ3) is 5.37. The second-order valence-corrected chi connectivity index (χ2v) is 9.34. The molecule has 2 aromatic carbocycles. The number of nitrogens with zero attached hydrogens (tertiary/aromatic N) is 4. The van der Waals surface area contributed by atoms with Gasteiger partial charge in [-0.2, -0.15) is 0 Å². The molecule has 1 amide bonds. The third-order valence-electron chi connectivity index (χ3n) is 5.86. The molecule has 0 bridgehead atoms. The highest BCUT2D eigenvalue weighted by molar-refractivity contribution is 6.30. The minimum atomic E-state index is -0.234. The first-order chi connectivity index (χ1) is 15.8. The van der Waals surface area contributed by atoms with Gasteiger partial charge in [-0.1, -0.05) is 23.7 Å². The number of halogens is 1. The summed E-state index contributed by atoms with van der Waals surface area (Å²) < 4.78 is 1.45. The Morgan fingerprint density at radius 3 is 2.70 bits per heavy atom. The van der Waals surface area contributed by atoms with Gasteiger partial charge in [0.05, 0.1) is 10.9 Å². The van der Waals surface area contributed by atoms with Crippen LogP contribution in [0.15, 0.2) is 47.3 Å². The number of amides is 1. The molecule has 1 fully saturated rings. The van der Waals surface area contributed by atoms with Crippen LogP contribution in [0.1, 0.15) is 20.3 Å². The van der Waals surface area contributed by atoms with Crippen molar-refractivity contribution in [1.82, 2.24) is 19.8 Å². The van der Waals surface area contributed by atoms with Gasteiger partial charge in [0.2, 0.25) is 5.91 Å². The molecule has 0 saturated carbocycles. The summed E-state index contributed by atoms with van der Waals surface area (Å²) in [5.41, 5.74) is 2.07. The van der Waals surface area contributed by atoms with Crippen LogP contribution in [-0.4, -0.2) is 59.6 Å². The van der Waals surface area contributed by atoms with E-state index in [0.717, 1.165) is 38.3 Å². The number of hydrogen-bond acceptors (Lipinski definition) is 5. The van der Waals surface area contributed by atoms with Gasteiger partial charge in [-0.15, -0.1) is 0 Å². The molecule has 7 nitrogen and oxygen atoms in total. The van der Waals surface area contributed by atoms with E-state index in [1.54, 1.807) is 12.1 Å². The zero-order chi connectivity index (χ0) is 23.5. The second-order valence-electron chi connectivity index (χ2n) is 8.90. The van der Waals surface area contributed by atoms with Crippen molar-refractivity contribution in [3.8, 4) is 11.4 Å². The van der Waals surface area contributed by atoms with Gasteiger partial charge in [0.25, 0.3) is 5.56 Å². The quantitative estimate of drug-likeness (QED) is 0.623. The fourth-order valence-electron chi connectivity index (χ4n) is 4.22. The Hall–Kier alpha value is -2.90. The van der Waals surface area contributed by atoms with E-state index < -0.39 is 0 Å². The van der Waals surface area contributed by atoms with Crippen LogP contribution in [0.5, 0.6) is 0 Å². The number of hydrogen-bond donors (Lipinski definition) is 1. The Bertz CT molecular complexity index is 1220. The average molecular weight is 468 g/mol. The number of carbonyl (C=O) groups excluding carboxylic acids is 1. The number of fused-ring (bicyclic) bond motifs is 1. The van der Waals surface area contributed by atoms with Gasteiger partial charge in [-0.05, 0) is 64.2 Å². The molecule has 0 spiro atoms. The van der Waals surface area contributed by atoms with Crippen molar-refractivity contribution in [3.63, 3.8) is 0 Å². The van der Waals surface area contributed by atoms with Gasteiger partial charge in [0, 0.05) is 41.9 Å². The summed E-state index contributed by atoms with van der Waals surface area (Å²) >= 11 is 6.21. The molecule has 1 aromatic heterocycles. The van der Waals surface area contributed by atoms with Gasteiger partial charge >= 0.3 is 0 Å². The molecule has 4 rings (SSSR count). The van der Waals surface area contributed by atoms with Crippen LogP contribution in [-0.2, 0) is 11.3 Å². The zero-order valence-electron chi connectivity index (χ0n) is 19.3. The molecule has 2 heterocycles. The Morgan fingerprint density at radius 1 is 1.12 bits per heavy atom. The van der Waals surface area contributed by atoms with Gasteiger partial charge in [-0.3, -0.25) is 14.2 Å². The molecule has 1 aliphatic rings. The van der Waals surface area contributed by atoms with Gasteiger partial charge < -0.3 is 15.1 Å². The fourth-order valence-corrected chi connectivity index (χ4v) is 4.41. The number of aromatic nitrogens is 2. The van der Waals surface area contributed by atoms with Crippen LogP contribution in [0, 0.1) is 0 Å². The molecule has 0 unspecified atom stereocenters. The van der Waals surface area contributed by atoms with E-state index >= 15 is 0 Å². The first-order valence-electron chi connectivity index (χ1n) is 11.3. The highest BCUT2D eigenvalue weighted by atomic mass is 35.5. The minimum absolute atomic E-state index is 0.0241. The SMILES string of the molecule is CC(C)NC(=O)Cn1c(-c2cccc(Cl)c2)nc2ccc(N3CCCN(C)CC3)cc2c1=O. The lowest BCUT2D eigenvalue weighted by Gasteiger charge is -2.23. The maximum atomic E-state index is 13.7. The normalized spacial score (nSPS) is 15.1. The molecule has 1 aliphatic heterocycles. The van der Waals surface area contributed by atoms with Gasteiger partial charge in [-0.25, -0.2) is 4.98 Å². The maximum Gasteiger partial charge on any atom is 0.262 e. The predicted octanol–water partition coefficient (Wildman–Crippen LogP) is 3.38. The Balaban J connectivity index is 1.82. The van der Waals surface area contributed by atoms with Crippen molar-refractivity contribution >= 4 is 34.1 Å². The van der Waals surface area contributed by atoms with Crippen molar-refractivity contribution < 1.29 is 4.79 Å². The monoisotopic (exact) mass is 467 g/mol. The summed E-state index contributed by atoms with van der Waals surface area (Å²) in [5, 5.41) is 3.92. The lowest BCUT2D eigenvalue weighted by molar-refractivity contribution is -0.122. The van der Waals surface area contributed by atoms with E-state index in [2.05, 4.69) is 22.2 Å². The Morgan fingerprint density at radius 2 is 1.94 bits per heavy atom. The van der Waals surface area contributed by atoms with E-state index in [1.807, 2.05) is 44.2 Å². The number of likely N-dealkylation sites (N-methyl/N-ethyl adjacent to an activating group) is 1. The largest absolute Gasteiger partial charge is 0.370 e. The van der Waals surface area contributed by atoms with Crippen LogP contribution in [0.25, 0.3) is 22.3 Å². The summed E-state index contributed by atoms with van der Waals surface area (Å²) in [7, 11) is 2.13. The lowest BCUT2D eigenvalue weighted by atomic mass is 10.1. The van der Waals surface area contributed by atoms with Crippen LogP contribution in [0.2, 0.25) is 5.02 Å².